The van der Waals surface area contributed by atoms with E-state index in [9.17, 15) is 8.78 Å². The Morgan fingerprint density at radius 1 is 1.00 bits per heavy atom. The molecule has 3 rings (SSSR count). The largest absolute Gasteiger partial charge is 0.306 e. The van der Waals surface area contributed by atoms with Gasteiger partial charge in [0.1, 0.15) is 5.01 Å². The summed E-state index contributed by atoms with van der Waals surface area (Å²) < 4.78 is 27.6. The van der Waals surface area contributed by atoms with Crippen LogP contribution < -0.4 is 5.32 Å². The Morgan fingerprint density at radius 3 is 2.70 bits per heavy atom. The maximum absolute atomic E-state index is 13.5. The number of halogens is 2. The third-order valence-electron chi connectivity index (χ3n) is 2.96. The van der Waals surface area contributed by atoms with E-state index in [1.54, 1.807) is 17.4 Å². The molecule has 0 unspecified atom stereocenters. The van der Waals surface area contributed by atoms with Crippen LogP contribution in [0.5, 0.6) is 0 Å². The van der Waals surface area contributed by atoms with Crippen LogP contribution in [0, 0.1) is 11.6 Å². The number of rotatable bonds is 4. The molecule has 0 aliphatic heterocycles. The number of nitrogens with zero attached hydrogens (tertiary/aromatic N) is 1. The summed E-state index contributed by atoms with van der Waals surface area (Å²) in [6, 6.07) is 12.1. The van der Waals surface area contributed by atoms with E-state index in [-0.39, 0.29) is 6.54 Å². The van der Waals surface area contributed by atoms with Gasteiger partial charge in [-0.3, -0.25) is 0 Å². The first kappa shape index (κ1) is 13.1. The number of aromatic nitrogens is 1. The number of para-hydroxylation sites is 1. The van der Waals surface area contributed by atoms with Crippen molar-refractivity contribution < 1.29 is 8.78 Å². The average molecular weight is 290 g/mol. The highest BCUT2D eigenvalue weighted by Crippen LogP contribution is 2.21. The number of benzene rings is 2. The predicted octanol–water partition coefficient (Wildman–Crippen LogP) is 3.86. The first-order chi connectivity index (χ1) is 9.74. The Hall–Kier alpha value is -1.85. The number of hydrogen-bond donors (Lipinski definition) is 1. The van der Waals surface area contributed by atoms with Gasteiger partial charge in [0.25, 0.3) is 0 Å². The van der Waals surface area contributed by atoms with Crippen molar-refractivity contribution >= 4 is 21.6 Å². The van der Waals surface area contributed by atoms with Crippen LogP contribution in [-0.4, -0.2) is 4.98 Å². The molecule has 0 bridgehead atoms. The van der Waals surface area contributed by atoms with Gasteiger partial charge in [0, 0.05) is 18.7 Å². The van der Waals surface area contributed by atoms with Gasteiger partial charge in [-0.15, -0.1) is 11.3 Å². The Labute approximate surface area is 119 Å². The summed E-state index contributed by atoms with van der Waals surface area (Å²) >= 11 is 1.60. The van der Waals surface area contributed by atoms with Crippen LogP contribution in [-0.2, 0) is 13.1 Å². The van der Waals surface area contributed by atoms with E-state index in [4.69, 9.17) is 0 Å². The summed E-state index contributed by atoms with van der Waals surface area (Å²) in [5, 5.41) is 4.02. The fraction of sp³-hybridized carbons (Fsp3) is 0.133. The quantitative estimate of drug-likeness (QED) is 0.789. The molecule has 0 fully saturated rings. The average Bonchev–Trinajstić information content (AvgIpc) is 2.86. The van der Waals surface area contributed by atoms with E-state index in [1.807, 2.05) is 24.3 Å². The van der Waals surface area contributed by atoms with Gasteiger partial charge in [0.2, 0.25) is 0 Å². The molecule has 0 amide bonds. The van der Waals surface area contributed by atoms with Crippen molar-refractivity contribution in [2.75, 3.05) is 0 Å². The standard InChI is InChI=1S/C15H12F2N2S/c16-11-5-3-4-10(15(11)17)8-18-9-14-19-12-6-1-2-7-13(12)20-14/h1-7,18H,8-9H2. The van der Waals surface area contributed by atoms with E-state index in [0.717, 1.165) is 21.3 Å². The van der Waals surface area contributed by atoms with Gasteiger partial charge in [-0.05, 0) is 18.2 Å². The van der Waals surface area contributed by atoms with Crippen LogP contribution in [0.15, 0.2) is 42.5 Å². The second-order valence-electron chi connectivity index (χ2n) is 4.39. The summed E-state index contributed by atoms with van der Waals surface area (Å²) in [6.07, 6.45) is 0. The molecule has 1 aromatic heterocycles. The molecule has 0 saturated carbocycles. The van der Waals surface area contributed by atoms with Gasteiger partial charge in [-0.1, -0.05) is 24.3 Å². The minimum atomic E-state index is -0.815. The maximum atomic E-state index is 13.5. The maximum Gasteiger partial charge on any atom is 0.163 e. The fourth-order valence-corrected chi connectivity index (χ4v) is 2.92. The van der Waals surface area contributed by atoms with Crippen LogP contribution in [0.3, 0.4) is 0 Å². The molecule has 5 heteroatoms. The molecule has 2 nitrogen and oxygen atoms in total. The zero-order valence-corrected chi connectivity index (χ0v) is 11.4. The minimum absolute atomic E-state index is 0.277. The van der Waals surface area contributed by atoms with Crippen molar-refractivity contribution in [3.8, 4) is 0 Å². The highest BCUT2D eigenvalue weighted by atomic mass is 32.1. The number of fused-ring (bicyclic) bond motifs is 1. The van der Waals surface area contributed by atoms with E-state index in [1.165, 1.54) is 6.07 Å². The Balaban J connectivity index is 1.66. The molecule has 0 aliphatic carbocycles. The summed E-state index contributed by atoms with van der Waals surface area (Å²) in [5.74, 6) is -1.60. The molecule has 0 aliphatic rings. The fourth-order valence-electron chi connectivity index (χ4n) is 1.98. The van der Waals surface area contributed by atoms with Crippen LogP contribution in [0.1, 0.15) is 10.6 Å². The molecule has 102 valence electrons. The van der Waals surface area contributed by atoms with Gasteiger partial charge in [0.05, 0.1) is 10.2 Å². The summed E-state index contributed by atoms with van der Waals surface area (Å²) in [5.41, 5.74) is 1.29. The van der Waals surface area contributed by atoms with Crippen LogP contribution in [0.25, 0.3) is 10.2 Å². The lowest BCUT2D eigenvalue weighted by Crippen LogP contribution is -2.14. The van der Waals surface area contributed by atoms with Crippen LogP contribution in [0.4, 0.5) is 8.78 Å². The summed E-state index contributed by atoms with van der Waals surface area (Å²) in [7, 11) is 0. The number of hydrogen-bond acceptors (Lipinski definition) is 3. The second-order valence-corrected chi connectivity index (χ2v) is 5.51. The van der Waals surface area contributed by atoms with Gasteiger partial charge >= 0.3 is 0 Å². The van der Waals surface area contributed by atoms with Gasteiger partial charge in [0.15, 0.2) is 11.6 Å². The SMILES string of the molecule is Fc1cccc(CNCc2nc3ccccc3s2)c1F. The molecule has 1 N–H and O–H groups in total. The Morgan fingerprint density at radius 2 is 1.85 bits per heavy atom. The zero-order valence-electron chi connectivity index (χ0n) is 10.6. The number of nitrogens with one attached hydrogen (secondary N) is 1. The third kappa shape index (κ3) is 2.69. The Kier molecular flexibility index (Phi) is 3.71. The molecule has 0 radical (unpaired) electrons. The van der Waals surface area contributed by atoms with Crippen molar-refractivity contribution in [2.24, 2.45) is 0 Å². The third-order valence-corrected chi connectivity index (χ3v) is 4.00. The summed E-state index contributed by atoms with van der Waals surface area (Å²) in [4.78, 5) is 4.47. The molecule has 20 heavy (non-hydrogen) atoms. The van der Waals surface area contributed by atoms with Gasteiger partial charge in [-0.25, -0.2) is 13.8 Å². The molecule has 0 saturated heterocycles. The van der Waals surface area contributed by atoms with Crippen molar-refractivity contribution in [1.82, 2.24) is 10.3 Å². The molecule has 0 atom stereocenters. The Bertz CT molecular complexity index is 707. The van der Waals surface area contributed by atoms with Crippen molar-refractivity contribution in [1.29, 1.82) is 0 Å². The lowest BCUT2D eigenvalue weighted by Gasteiger charge is -2.04. The van der Waals surface area contributed by atoms with Crippen LogP contribution in [0.2, 0.25) is 0 Å². The van der Waals surface area contributed by atoms with Gasteiger partial charge < -0.3 is 5.32 Å². The van der Waals surface area contributed by atoms with E-state index in [2.05, 4.69) is 10.3 Å². The van der Waals surface area contributed by atoms with E-state index in [0.29, 0.717) is 12.1 Å². The summed E-state index contributed by atoms with van der Waals surface area (Å²) in [6.45, 7) is 0.814. The van der Waals surface area contributed by atoms with Crippen molar-refractivity contribution in [3.63, 3.8) is 0 Å². The molecular weight excluding hydrogens is 278 g/mol. The molecule has 1 heterocycles. The second kappa shape index (κ2) is 5.64. The molecule has 2 aromatic carbocycles. The number of thiazole rings is 1. The smallest absolute Gasteiger partial charge is 0.163 e. The monoisotopic (exact) mass is 290 g/mol. The first-order valence-electron chi connectivity index (χ1n) is 6.22. The molecule has 0 spiro atoms. The zero-order chi connectivity index (χ0) is 13.9. The van der Waals surface area contributed by atoms with Gasteiger partial charge in [-0.2, -0.15) is 0 Å². The van der Waals surface area contributed by atoms with Crippen molar-refractivity contribution in [3.05, 3.63) is 64.7 Å². The topological polar surface area (TPSA) is 24.9 Å². The van der Waals surface area contributed by atoms with E-state index < -0.39 is 11.6 Å². The highest BCUT2D eigenvalue weighted by Gasteiger charge is 2.07. The normalized spacial score (nSPS) is 11.1. The first-order valence-corrected chi connectivity index (χ1v) is 7.04. The highest BCUT2D eigenvalue weighted by molar-refractivity contribution is 7.18. The minimum Gasteiger partial charge on any atom is -0.306 e. The van der Waals surface area contributed by atoms with Crippen LogP contribution >= 0.6 is 11.3 Å². The van der Waals surface area contributed by atoms with E-state index >= 15 is 0 Å². The lowest BCUT2D eigenvalue weighted by molar-refractivity contribution is 0.492. The lowest BCUT2D eigenvalue weighted by atomic mass is 10.2. The van der Waals surface area contributed by atoms with Crippen molar-refractivity contribution in [2.45, 2.75) is 13.1 Å². The molecule has 3 aromatic rings. The molecular formula is C15H12F2N2S. The predicted molar refractivity (Wildman–Crippen MR) is 76.5 cm³/mol.